The van der Waals surface area contributed by atoms with Crippen molar-refractivity contribution >= 4 is 12.0 Å². The molecule has 0 saturated heterocycles. The van der Waals surface area contributed by atoms with E-state index in [1.54, 1.807) is 0 Å². The maximum absolute atomic E-state index is 11.6. The van der Waals surface area contributed by atoms with E-state index in [1.807, 2.05) is 0 Å². The van der Waals surface area contributed by atoms with Gasteiger partial charge in [-0.25, -0.2) is 4.79 Å². The average molecular weight is 270 g/mol. The van der Waals surface area contributed by atoms with Crippen LogP contribution in [0.5, 0.6) is 0 Å². The maximum Gasteiger partial charge on any atom is 0.314 e. The first-order chi connectivity index (χ1) is 9.10. The molecule has 0 bridgehead atoms. The molecule has 0 aliphatic heterocycles. The summed E-state index contributed by atoms with van der Waals surface area (Å²) < 4.78 is 0. The number of carbonyl (C=O) groups is 2. The predicted octanol–water partition coefficient (Wildman–Crippen LogP) is 2.51. The molecular weight excluding hydrogens is 244 g/mol. The third-order valence-corrected chi connectivity index (χ3v) is 3.92. The van der Waals surface area contributed by atoms with Crippen molar-refractivity contribution in [2.75, 3.05) is 13.1 Å². The Hall–Kier alpha value is -1.26. The van der Waals surface area contributed by atoms with Crippen LogP contribution < -0.4 is 10.6 Å². The fourth-order valence-electron chi connectivity index (χ4n) is 2.58. The van der Waals surface area contributed by atoms with Gasteiger partial charge in [0.05, 0.1) is 5.41 Å². The summed E-state index contributed by atoms with van der Waals surface area (Å²) in [5.74, 6) is -0.779. The van der Waals surface area contributed by atoms with Crippen LogP contribution in [0.2, 0.25) is 0 Å². The molecule has 1 aliphatic carbocycles. The molecule has 0 radical (unpaired) electrons. The number of hydrogen-bond acceptors (Lipinski definition) is 2. The molecule has 3 N–H and O–H groups in total. The number of urea groups is 1. The van der Waals surface area contributed by atoms with E-state index in [-0.39, 0.29) is 12.6 Å². The number of amides is 2. The summed E-state index contributed by atoms with van der Waals surface area (Å²) >= 11 is 0. The Morgan fingerprint density at radius 1 is 1.11 bits per heavy atom. The van der Waals surface area contributed by atoms with Gasteiger partial charge in [0.15, 0.2) is 0 Å². The molecule has 0 aromatic heterocycles. The number of nitrogens with one attached hydrogen (secondary N) is 2. The first kappa shape index (κ1) is 15.8. The molecule has 1 rings (SSSR count). The number of unbranched alkanes of at least 4 members (excludes halogenated alkanes) is 2. The molecule has 5 nitrogen and oxygen atoms in total. The van der Waals surface area contributed by atoms with Crippen LogP contribution in [0.25, 0.3) is 0 Å². The van der Waals surface area contributed by atoms with Crippen LogP contribution in [0.3, 0.4) is 0 Å². The van der Waals surface area contributed by atoms with Crippen LogP contribution in [0.4, 0.5) is 4.79 Å². The average Bonchev–Trinajstić information content (AvgIpc) is 2.42. The van der Waals surface area contributed by atoms with Crippen LogP contribution in [0.1, 0.15) is 58.3 Å². The van der Waals surface area contributed by atoms with Gasteiger partial charge in [0.25, 0.3) is 0 Å². The molecule has 0 aromatic rings. The molecule has 5 heteroatoms. The fraction of sp³-hybridized carbons (Fsp3) is 0.857. The lowest BCUT2D eigenvalue weighted by Gasteiger charge is -2.33. The first-order valence-electron chi connectivity index (χ1n) is 7.36. The Bertz CT molecular complexity index is 299. The second-order valence-electron chi connectivity index (χ2n) is 5.46. The number of rotatable bonds is 7. The highest BCUT2D eigenvalue weighted by Crippen LogP contribution is 2.35. The van der Waals surface area contributed by atoms with Gasteiger partial charge in [0, 0.05) is 13.1 Å². The van der Waals surface area contributed by atoms with Crippen molar-refractivity contribution in [1.82, 2.24) is 10.6 Å². The van der Waals surface area contributed by atoms with Gasteiger partial charge in [-0.15, -0.1) is 0 Å². The lowest BCUT2D eigenvalue weighted by atomic mass is 9.74. The number of aliphatic carboxylic acids is 1. The Labute approximate surface area is 115 Å². The fourth-order valence-corrected chi connectivity index (χ4v) is 2.58. The highest BCUT2D eigenvalue weighted by atomic mass is 16.4. The van der Waals surface area contributed by atoms with Gasteiger partial charge < -0.3 is 15.7 Å². The summed E-state index contributed by atoms with van der Waals surface area (Å²) in [6, 6.07) is -0.248. The van der Waals surface area contributed by atoms with Crippen LogP contribution in [-0.4, -0.2) is 30.2 Å². The molecule has 0 unspecified atom stereocenters. The van der Waals surface area contributed by atoms with E-state index < -0.39 is 11.4 Å². The SMILES string of the molecule is CCCCCNC(=O)NCC1(C(=O)O)CCCCC1. The topological polar surface area (TPSA) is 78.4 Å². The van der Waals surface area contributed by atoms with Gasteiger partial charge in [-0.3, -0.25) is 4.79 Å². The van der Waals surface area contributed by atoms with Crippen LogP contribution >= 0.6 is 0 Å². The lowest BCUT2D eigenvalue weighted by molar-refractivity contribution is -0.150. The van der Waals surface area contributed by atoms with Crippen molar-refractivity contribution < 1.29 is 14.7 Å². The largest absolute Gasteiger partial charge is 0.481 e. The Morgan fingerprint density at radius 3 is 2.37 bits per heavy atom. The molecule has 0 spiro atoms. The third kappa shape index (κ3) is 5.09. The van der Waals surface area contributed by atoms with Crippen molar-refractivity contribution in [1.29, 1.82) is 0 Å². The number of hydrogen-bond donors (Lipinski definition) is 3. The van der Waals surface area contributed by atoms with Crippen molar-refractivity contribution in [3.63, 3.8) is 0 Å². The molecule has 0 atom stereocenters. The van der Waals surface area contributed by atoms with Crippen LogP contribution in [-0.2, 0) is 4.79 Å². The molecule has 1 aliphatic rings. The summed E-state index contributed by atoms with van der Waals surface area (Å²) in [6.07, 6.45) is 7.48. The van der Waals surface area contributed by atoms with Gasteiger partial charge in [0.2, 0.25) is 0 Å². The monoisotopic (exact) mass is 270 g/mol. The molecule has 110 valence electrons. The molecule has 19 heavy (non-hydrogen) atoms. The minimum atomic E-state index is -0.779. The Morgan fingerprint density at radius 2 is 1.79 bits per heavy atom. The summed E-state index contributed by atoms with van der Waals surface area (Å²) in [6.45, 7) is 3.00. The van der Waals surface area contributed by atoms with Crippen LogP contribution in [0.15, 0.2) is 0 Å². The van der Waals surface area contributed by atoms with Gasteiger partial charge in [-0.05, 0) is 19.3 Å². The Kier molecular flexibility index (Phi) is 6.67. The number of carboxylic acids is 1. The Balaban J connectivity index is 2.31. The minimum Gasteiger partial charge on any atom is -0.481 e. The van der Waals surface area contributed by atoms with E-state index in [4.69, 9.17) is 0 Å². The third-order valence-electron chi connectivity index (χ3n) is 3.92. The minimum absolute atomic E-state index is 0.238. The van der Waals surface area contributed by atoms with Gasteiger partial charge in [-0.1, -0.05) is 39.0 Å². The lowest BCUT2D eigenvalue weighted by Crippen LogP contribution is -2.47. The quantitative estimate of drug-likeness (QED) is 0.622. The highest BCUT2D eigenvalue weighted by Gasteiger charge is 2.39. The molecule has 0 heterocycles. The zero-order valence-electron chi connectivity index (χ0n) is 11.8. The second kappa shape index (κ2) is 8.02. The second-order valence-corrected chi connectivity index (χ2v) is 5.46. The summed E-state index contributed by atoms with van der Waals surface area (Å²) in [7, 11) is 0. The smallest absolute Gasteiger partial charge is 0.314 e. The molecule has 0 aromatic carbocycles. The summed E-state index contributed by atoms with van der Waals surface area (Å²) in [4.78, 5) is 23.0. The highest BCUT2D eigenvalue weighted by molar-refractivity contribution is 5.78. The summed E-state index contributed by atoms with van der Waals surface area (Å²) in [5.41, 5.74) is -0.751. The van der Waals surface area contributed by atoms with Crippen LogP contribution in [0, 0.1) is 5.41 Å². The zero-order chi connectivity index (χ0) is 14.1. The zero-order valence-corrected chi connectivity index (χ0v) is 11.8. The normalized spacial score (nSPS) is 17.7. The van der Waals surface area contributed by atoms with Crippen molar-refractivity contribution in [3.05, 3.63) is 0 Å². The van der Waals surface area contributed by atoms with E-state index in [1.165, 1.54) is 0 Å². The van der Waals surface area contributed by atoms with E-state index in [2.05, 4.69) is 17.6 Å². The van der Waals surface area contributed by atoms with Crippen molar-refractivity contribution in [2.24, 2.45) is 5.41 Å². The predicted molar refractivity (Wildman–Crippen MR) is 74.1 cm³/mol. The first-order valence-corrected chi connectivity index (χ1v) is 7.36. The molecule has 2 amide bonds. The number of carboxylic acid groups (broad SMARTS) is 1. The molecule has 1 fully saturated rings. The van der Waals surface area contributed by atoms with Crippen molar-refractivity contribution in [2.45, 2.75) is 58.3 Å². The van der Waals surface area contributed by atoms with E-state index in [0.29, 0.717) is 19.4 Å². The molecular formula is C14H26N2O3. The summed E-state index contributed by atoms with van der Waals surface area (Å²) in [5, 5.41) is 14.9. The molecule has 1 saturated carbocycles. The van der Waals surface area contributed by atoms with E-state index >= 15 is 0 Å². The van der Waals surface area contributed by atoms with Gasteiger partial charge in [0.1, 0.15) is 0 Å². The standard InChI is InChI=1S/C14H26N2O3/c1-2-3-7-10-15-13(19)16-11-14(12(17)18)8-5-4-6-9-14/h2-11H2,1H3,(H,17,18)(H2,15,16,19). The van der Waals surface area contributed by atoms with Gasteiger partial charge >= 0.3 is 12.0 Å². The van der Waals surface area contributed by atoms with E-state index in [0.717, 1.165) is 38.5 Å². The van der Waals surface area contributed by atoms with E-state index in [9.17, 15) is 14.7 Å². The van der Waals surface area contributed by atoms with Gasteiger partial charge in [-0.2, -0.15) is 0 Å². The van der Waals surface area contributed by atoms with Crippen molar-refractivity contribution in [3.8, 4) is 0 Å². The maximum atomic E-state index is 11.6. The number of carbonyl (C=O) groups excluding carboxylic acids is 1.